The standard InChI is InChI=1S/C21H22N5O5/c22-20(23)24-11-5-6-14(12-27)25(26(29)30)21(28)31-13-19-17-9-3-1-7-15(17)16-8-2-4-10-18(16)19/h1-4,7-10,14,19H,5-6,11,13H2,(H4,22,23,24)/t14-/m0/s1. The maximum atomic E-state index is 12.5. The number of nitrogens with zero attached hydrogens (tertiary/aromatic N) is 2. The lowest BCUT2D eigenvalue weighted by atomic mass is 9.98. The number of carbonyl (C=O) groups excluding carboxylic acids is 2. The van der Waals surface area contributed by atoms with Crippen LogP contribution in [0.5, 0.6) is 0 Å². The van der Waals surface area contributed by atoms with Crippen LogP contribution >= 0.6 is 0 Å². The smallest absolute Gasteiger partial charge is 0.445 e. The Bertz CT molecular complexity index is 950. The van der Waals surface area contributed by atoms with Gasteiger partial charge < -0.3 is 15.8 Å². The van der Waals surface area contributed by atoms with Crippen LogP contribution in [0.2, 0.25) is 0 Å². The van der Waals surface area contributed by atoms with E-state index in [0.29, 0.717) is 0 Å². The number of amides is 1. The van der Waals surface area contributed by atoms with Gasteiger partial charge >= 0.3 is 6.09 Å². The van der Waals surface area contributed by atoms with Crippen molar-refractivity contribution in [1.29, 1.82) is 5.41 Å². The fraction of sp³-hybridized carbons (Fsp3) is 0.286. The molecule has 0 bridgehead atoms. The zero-order valence-corrected chi connectivity index (χ0v) is 16.6. The summed E-state index contributed by atoms with van der Waals surface area (Å²) in [5, 5.41) is 20.3. The number of guanidine groups is 1. The monoisotopic (exact) mass is 424 g/mol. The maximum absolute atomic E-state index is 12.5. The average Bonchev–Trinajstić information content (AvgIpc) is 3.07. The van der Waals surface area contributed by atoms with Gasteiger partial charge in [-0.05, 0) is 40.1 Å². The Morgan fingerprint density at radius 3 is 2.32 bits per heavy atom. The second-order valence-corrected chi connectivity index (χ2v) is 7.00. The van der Waals surface area contributed by atoms with Crippen LogP contribution in [0, 0.1) is 15.5 Å². The van der Waals surface area contributed by atoms with Crippen LogP contribution < -0.4 is 11.1 Å². The molecule has 3 rings (SSSR count). The first-order chi connectivity index (χ1) is 14.9. The number of nitrogens with two attached hydrogens (primary N) is 1. The number of ether oxygens (including phenoxy) is 1. The molecule has 2 aromatic rings. The minimum absolute atomic E-state index is 0.0328. The minimum Gasteiger partial charge on any atom is -0.445 e. The molecule has 1 amide bonds. The summed E-state index contributed by atoms with van der Waals surface area (Å²) in [6, 6.07) is 14.0. The Hall–Kier alpha value is -3.95. The minimum atomic E-state index is -1.42. The van der Waals surface area contributed by atoms with Crippen molar-refractivity contribution in [3.63, 3.8) is 0 Å². The van der Waals surface area contributed by atoms with Gasteiger partial charge in [-0.2, -0.15) is 0 Å². The molecule has 1 aliphatic carbocycles. The number of rotatable bonds is 9. The van der Waals surface area contributed by atoms with Gasteiger partial charge in [-0.1, -0.05) is 48.5 Å². The Labute approximate surface area is 178 Å². The van der Waals surface area contributed by atoms with Crippen molar-refractivity contribution in [3.8, 4) is 11.1 Å². The normalized spacial score (nSPS) is 12.9. The van der Waals surface area contributed by atoms with E-state index in [1.165, 1.54) is 6.29 Å². The molecule has 2 aromatic carbocycles. The molecule has 0 aliphatic heterocycles. The first-order valence-electron chi connectivity index (χ1n) is 9.68. The van der Waals surface area contributed by atoms with Crippen molar-refractivity contribution in [2.75, 3.05) is 13.2 Å². The number of hydrogen-bond acceptors (Lipinski definition) is 6. The maximum Gasteiger partial charge on any atom is 0.468 e. The van der Waals surface area contributed by atoms with Crippen LogP contribution in [0.4, 0.5) is 4.79 Å². The highest BCUT2D eigenvalue weighted by atomic mass is 16.7. The van der Waals surface area contributed by atoms with E-state index >= 15 is 0 Å². The number of hydrazine groups is 1. The predicted molar refractivity (Wildman–Crippen MR) is 113 cm³/mol. The van der Waals surface area contributed by atoms with E-state index < -0.39 is 17.2 Å². The van der Waals surface area contributed by atoms with Gasteiger partial charge in [0, 0.05) is 12.5 Å². The van der Waals surface area contributed by atoms with E-state index in [2.05, 4.69) is 5.32 Å². The van der Waals surface area contributed by atoms with Gasteiger partial charge in [0.1, 0.15) is 6.61 Å². The summed E-state index contributed by atoms with van der Waals surface area (Å²) in [5.41, 5.74) is 9.17. The van der Waals surface area contributed by atoms with Gasteiger partial charge in [0.2, 0.25) is 6.29 Å². The van der Waals surface area contributed by atoms with Gasteiger partial charge in [-0.25, -0.2) is 14.9 Å². The van der Waals surface area contributed by atoms with Crippen molar-refractivity contribution in [1.82, 2.24) is 10.3 Å². The Kier molecular flexibility index (Phi) is 6.81. The number of nitro groups is 1. The third-order valence-corrected chi connectivity index (χ3v) is 5.10. The third kappa shape index (κ3) is 4.80. The fourth-order valence-corrected chi connectivity index (χ4v) is 3.72. The highest BCUT2D eigenvalue weighted by Crippen LogP contribution is 2.44. The van der Waals surface area contributed by atoms with Gasteiger partial charge in [-0.3, -0.25) is 10.2 Å². The number of hydrogen-bond donors (Lipinski definition) is 3. The Balaban J connectivity index is 1.70. The quantitative estimate of drug-likeness (QED) is 0.183. The second kappa shape index (κ2) is 9.70. The van der Waals surface area contributed by atoms with Gasteiger partial charge in [0.25, 0.3) is 0 Å². The number of fused-ring (bicyclic) bond motifs is 3. The summed E-state index contributed by atoms with van der Waals surface area (Å²) >= 11 is 0. The third-order valence-electron chi connectivity index (χ3n) is 5.10. The molecule has 4 N–H and O–H groups in total. The first-order valence-corrected chi connectivity index (χ1v) is 9.68. The predicted octanol–water partition coefficient (Wildman–Crippen LogP) is 2.17. The van der Waals surface area contributed by atoms with Crippen LogP contribution in [0.3, 0.4) is 0 Å². The SMILES string of the molecule is N=C(N)NCCC[C@@H]([C]=O)N(C(=O)OCC1c2ccccc2-c2ccccc21)[N+](=O)[O-]. The lowest BCUT2D eigenvalue weighted by molar-refractivity contribution is -0.640. The van der Waals surface area contributed by atoms with Crippen LogP contribution in [0.1, 0.15) is 29.9 Å². The summed E-state index contributed by atoms with van der Waals surface area (Å²) in [4.78, 5) is 35.3. The summed E-state index contributed by atoms with van der Waals surface area (Å²) in [7, 11) is 0. The van der Waals surface area contributed by atoms with Gasteiger partial charge in [-0.15, -0.1) is 0 Å². The van der Waals surface area contributed by atoms with Crippen LogP contribution in [-0.4, -0.2) is 47.6 Å². The molecule has 31 heavy (non-hydrogen) atoms. The van der Waals surface area contributed by atoms with E-state index in [9.17, 15) is 19.7 Å². The van der Waals surface area contributed by atoms with Crippen molar-refractivity contribution in [2.45, 2.75) is 24.8 Å². The molecule has 10 heteroatoms. The van der Waals surface area contributed by atoms with Crippen LogP contribution in [-0.2, 0) is 9.53 Å². The van der Waals surface area contributed by atoms with Gasteiger partial charge in [0.05, 0.1) is 0 Å². The molecule has 0 heterocycles. The molecule has 1 atom stereocenters. The molecule has 0 saturated carbocycles. The fourth-order valence-electron chi connectivity index (χ4n) is 3.72. The zero-order chi connectivity index (χ0) is 22.4. The van der Waals surface area contributed by atoms with Gasteiger partial charge in [0.15, 0.2) is 17.0 Å². The summed E-state index contributed by atoms with van der Waals surface area (Å²) in [6.07, 6.45) is 0.542. The molecule has 161 valence electrons. The largest absolute Gasteiger partial charge is 0.468 e. The molecular formula is C21H22N5O5. The molecule has 0 fully saturated rings. The lowest BCUT2D eigenvalue weighted by Gasteiger charge is -2.19. The molecule has 1 radical (unpaired) electrons. The zero-order valence-electron chi connectivity index (χ0n) is 16.6. The molecular weight excluding hydrogens is 402 g/mol. The molecule has 0 unspecified atom stereocenters. The summed E-state index contributed by atoms with van der Waals surface area (Å²) in [6.45, 7) is 0.123. The van der Waals surface area contributed by atoms with E-state index in [-0.39, 0.29) is 42.9 Å². The number of carbonyl (C=O) groups is 1. The topological polar surface area (TPSA) is 152 Å². The highest BCUT2D eigenvalue weighted by molar-refractivity contribution is 5.79. The highest BCUT2D eigenvalue weighted by Gasteiger charge is 2.37. The molecule has 0 spiro atoms. The van der Waals surface area contributed by atoms with Crippen molar-refractivity contribution in [3.05, 3.63) is 69.8 Å². The van der Waals surface area contributed by atoms with E-state index in [1.54, 1.807) is 0 Å². The summed E-state index contributed by atoms with van der Waals surface area (Å²) in [5.74, 6) is -0.516. The van der Waals surface area contributed by atoms with Crippen LogP contribution in [0.25, 0.3) is 11.1 Å². The van der Waals surface area contributed by atoms with Crippen molar-refractivity contribution < 1.29 is 19.4 Å². The molecule has 1 aliphatic rings. The first kappa shape index (κ1) is 21.8. The molecule has 10 nitrogen and oxygen atoms in total. The molecule has 0 aromatic heterocycles. The number of benzene rings is 2. The van der Waals surface area contributed by atoms with Crippen LogP contribution in [0.15, 0.2) is 48.5 Å². The van der Waals surface area contributed by atoms with E-state index in [4.69, 9.17) is 15.9 Å². The van der Waals surface area contributed by atoms with Crippen molar-refractivity contribution in [2.24, 2.45) is 5.73 Å². The molecule has 0 saturated heterocycles. The number of nitrogens with one attached hydrogen (secondary N) is 2. The van der Waals surface area contributed by atoms with E-state index in [0.717, 1.165) is 22.3 Å². The van der Waals surface area contributed by atoms with Crippen molar-refractivity contribution >= 4 is 18.3 Å². The average molecular weight is 424 g/mol. The Morgan fingerprint density at radius 2 is 1.81 bits per heavy atom. The Morgan fingerprint density at radius 1 is 1.23 bits per heavy atom. The van der Waals surface area contributed by atoms with E-state index in [1.807, 2.05) is 48.5 Å². The summed E-state index contributed by atoms with van der Waals surface area (Å²) < 4.78 is 5.29. The second-order valence-electron chi connectivity index (χ2n) is 7.00. The lowest BCUT2D eigenvalue weighted by Crippen LogP contribution is -2.46.